The van der Waals surface area contributed by atoms with Crippen LogP contribution in [-0.2, 0) is 9.53 Å². The molecule has 0 amide bonds. The number of methoxy groups -OCH3 is 1. The number of alkyl halides is 1. The van der Waals surface area contributed by atoms with Crippen LogP contribution in [-0.4, -0.2) is 23.7 Å². The molecule has 2 atom stereocenters. The summed E-state index contributed by atoms with van der Waals surface area (Å²) in [6, 6.07) is 15.6. The molecule has 0 fully saturated rings. The van der Waals surface area contributed by atoms with Crippen molar-refractivity contribution >= 4 is 39.3 Å². The van der Waals surface area contributed by atoms with E-state index in [-0.39, 0.29) is 5.78 Å². The molecule has 0 aromatic heterocycles. The fourth-order valence-corrected chi connectivity index (χ4v) is 3.05. The van der Waals surface area contributed by atoms with Gasteiger partial charge in [-0.3, -0.25) is 9.59 Å². The fraction of sp³-hybridized carbons (Fsp3) is 0.176. The molecule has 0 aliphatic carbocycles. The normalized spacial score (nSPS) is 13.2. The number of ether oxygens (including phenoxy) is 1. The Kier molecular flexibility index (Phi) is 5.75. The Labute approximate surface area is 142 Å². The van der Waals surface area contributed by atoms with Crippen LogP contribution in [0, 0.1) is 0 Å². The van der Waals surface area contributed by atoms with Crippen molar-refractivity contribution in [3.8, 4) is 0 Å². The monoisotopic (exact) mass is 380 g/mol. The summed E-state index contributed by atoms with van der Waals surface area (Å²) in [5.41, 5.74) is 1.20. The first-order valence-electron chi connectivity index (χ1n) is 6.61. The molecule has 0 aliphatic heterocycles. The van der Waals surface area contributed by atoms with Crippen LogP contribution < -0.4 is 0 Å². The average molecular weight is 382 g/mol. The van der Waals surface area contributed by atoms with Gasteiger partial charge in [-0.15, -0.1) is 0 Å². The minimum atomic E-state index is -0.719. The zero-order valence-electron chi connectivity index (χ0n) is 11.8. The highest BCUT2D eigenvalue weighted by Gasteiger charge is 2.34. The van der Waals surface area contributed by atoms with Crippen LogP contribution in [0.4, 0.5) is 0 Å². The highest BCUT2D eigenvalue weighted by molar-refractivity contribution is 9.10. The van der Waals surface area contributed by atoms with Crippen LogP contribution >= 0.6 is 27.5 Å². The molecule has 0 saturated carbocycles. The lowest BCUT2D eigenvalue weighted by Gasteiger charge is -2.20. The number of carbonyl (C=O) groups is 2. The largest absolute Gasteiger partial charge is 0.469 e. The predicted octanol–water partition coefficient (Wildman–Crippen LogP) is 4.24. The Morgan fingerprint density at radius 1 is 1.05 bits per heavy atom. The molecule has 2 aromatic rings. The lowest BCUT2D eigenvalue weighted by Crippen LogP contribution is -2.29. The van der Waals surface area contributed by atoms with E-state index in [1.807, 2.05) is 18.2 Å². The maximum atomic E-state index is 12.6. The van der Waals surface area contributed by atoms with Gasteiger partial charge < -0.3 is 4.74 Å². The number of Topliss-reactive ketones (excluding diaryl/α,β-unsaturated/α-hetero) is 1. The Hall–Kier alpha value is -1.65. The van der Waals surface area contributed by atoms with E-state index in [1.54, 1.807) is 36.4 Å². The van der Waals surface area contributed by atoms with Gasteiger partial charge in [0.15, 0.2) is 5.78 Å². The first-order chi connectivity index (χ1) is 10.5. The molecule has 0 heterocycles. The van der Waals surface area contributed by atoms with Gasteiger partial charge in [0.1, 0.15) is 5.92 Å². The molecule has 0 aliphatic rings. The third kappa shape index (κ3) is 3.76. The summed E-state index contributed by atoms with van der Waals surface area (Å²) >= 11 is 9.19. The fourth-order valence-electron chi connectivity index (χ4n) is 2.14. The predicted molar refractivity (Wildman–Crippen MR) is 89.7 cm³/mol. The first kappa shape index (κ1) is 16.7. The lowest BCUT2D eigenvalue weighted by molar-refractivity contribution is -0.142. The highest BCUT2D eigenvalue weighted by Crippen LogP contribution is 2.29. The van der Waals surface area contributed by atoms with Crippen molar-refractivity contribution in [3.63, 3.8) is 0 Å². The summed E-state index contributed by atoms with van der Waals surface area (Å²) in [5, 5.41) is 0.551. The van der Waals surface area contributed by atoms with Crippen LogP contribution in [0.1, 0.15) is 21.8 Å². The Morgan fingerprint density at radius 2 is 1.64 bits per heavy atom. The molecule has 2 aromatic carbocycles. The van der Waals surface area contributed by atoms with Gasteiger partial charge in [-0.2, -0.15) is 0 Å². The summed E-state index contributed by atoms with van der Waals surface area (Å²) in [4.78, 5) is 24.0. The van der Waals surface area contributed by atoms with Crippen molar-refractivity contribution in [1.29, 1.82) is 0 Å². The molecular formula is C17H14BrClO3. The third-order valence-electron chi connectivity index (χ3n) is 3.29. The van der Waals surface area contributed by atoms with Gasteiger partial charge in [-0.05, 0) is 29.8 Å². The molecule has 2 rings (SSSR count). The molecule has 0 saturated heterocycles. The molecule has 5 heteroatoms. The molecule has 0 radical (unpaired) electrons. The second-order valence-corrected chi connectivity index (χ2v) is 6.11. The Bertz CT molecular complexity index is 655. The van der Waals surface area contributed by atoms with E-state index in [4.69, 9.17) is 16.3 Å². The van der Waals surface area contributed by atoms with Crippen LogP contribution in [0.2, 0.25) is 5.02 Å². The maximum absolute atomic E-state index is 12.6. The summed E-state index contributed by atoms with van der Waals surface area (Å²) in [5.74, 6) is -1.37. The SMILES string of the molecule is COC(=O)C(c1ccccc1)C(Br)C(=O)c1ccc(Cl)cc1. The van der Waals surface area contributed by atoms with E-state index in [0.717, 1.165) is 5.56 Å². The zero-order valence-corrected chi connectivity index (χ0v) is 14.2. The van der Waals surface area contributed by atoms with E-state index in [1.165, 1.54) is 7.11 Å². The van der Waals surface area contributed by atoms with E-state index in [2.05, 4.69) is 15.9 Å². The van der Waals surface area contributed by atoms with Crippen LogP contribution in [0.5, 0.6) is 0 Å². The summed E-state index contributed by atoms with van der Waals surface area (Å²) in [6.45, 7) is 0. The van der Waals surface area contributed by atoms with Gasteiger partial charge in [0, 0.05) is 10.6 Å². The second kappa shape index (κ2) is 7.56. The quantitative estimate of drug-likeness (QED) is 0.442. The van der Waals surface area contributed by atoms with E-state index < -0.39 is 16.7 Å². The van der Waals surface area contributed by atoms with Crippen molar-refractivity contribution in [2.24, 2.45) is 0 Å². The molecule has 2 unspecified atom stereocenters. The number of halogens is 2. The van der Waals surface area contributed by atoms with Gasteiger partial charge in [0.2, 0.25) is 0 Å². The molecule has 0 spiro atoms. The molecular weight excluding hydrogens is 368 g/mol. The number of benzene rings is 2. The summed E-state index contributed by atoms with van der Waals surface area (Å²) in [7, 11) is 1.31. The van der Waals surface area contributed by atoms with E-state index in [0.29, 0.717) is 10.6 Å². The number of rotatable bonds is 5. The van der Waals surface area contributed by atoms with Crippen molar-refractivity contribution in [1.82, 2.24) is 0 Å². The van der Waals surface area contributed by atoms with Crippen molar-refractivity contribution < 1.29 is 14.3 Å². The smallest absolute Gasteiger partial charge is 0.314 e. The lowest BCUT2D eigenvalue weighted by atomic mass is 9.91. The zero-order chi connectivity index (χ0) is 16.1. The van der Waals surface area contributed by atoms with E-state index in [9.17, 15) is 9.59 Å². The van der Waals surface area contributed by atoms with Crippen LogP contribution in [0.15, 0.2) is 54.6 Å². The van der Waals surface area contributed by atoms with Gasteiger partial charge in [0.25, 0.3) is 0 Å². The standard InChI is InChI=1S/C17H14BrClO3/c1-22-17(21)14(11-5-3-2-4-6-11)15(18)16(20)12-7-9-13(19)10-8-12/h2-10,14-15H,1H3. The molecule has 0 N–H and O–H groups in total. The van der Waals surface area contributed by atoms with Crippen molar-refractivity contribution in [2.75, 3.05) is 7.11 Å². The van der Waals surface area contributed by atoms with Gasteiger partial charge in [-0.25, -0.2) is 0 Å². The number of hydrogen-bond donors (Lipinski definition) is 0. The van der Waals surface area contributed by atoms with Crippen molar-refractivity contribution in [3.05, 3.63) is 70.7 Å². The summed E-state index contributed by atoms with van der Waals surface area (Å²) in [6.07, 6.45) is 0. The molecule has 0 bridgehead atoms. The van der Waals surface area contributed by atoms with E-state index >= 15 is 0 Å². The van der Waals surface area contributed by atoms with Crippen molar-refractivity contribution in [2.45, 2.75) is 10.7 Å². The third-order valence-corrected chi connectivity index (χ3v) is 4.48. The Morgan fingerprint density at radius 3 is 2.18 bits per heavy atom. The van der Waals surface area contributed by atoms with Gasteiger partial charge in [-0.1, -0.05) is 57.9 Å². The second-order valence-electron chi connectivity index (χ2n) is 4.68. The topological polar surface area (TPSA) is 43.4 Å². The molecule has 114 valence electrons. The Balaban J connectivity index is 2.33. The van der Waals surface area contributed by atoms with Gasteiger partial charge in [0.05, 0.1) is 11.9 Å². The average Bonchev–Trinajstić information content (AvgIpc) is 2.55. The molecule has 3 nitrogen and oxygen atoms in total. The first-order valence-corrected chi connectivity index (χ1v) is 7.90. The minimum Gasteiger partial charge on any atom is -0.469 e. The number of hydrogen-bond acceptors (Lipinski definition) is 3. The molecule has 22 heavy (non-hydrogen) atoms. The van der Waals surface area contributed by atoms with Gasteiger partial charge >= 0.3 is 5.97 Å². The highest BCUT2D eigenvalue weighted by atomic mass is 79.9. The number of carbonyl (C=O) groups excluding carboxylic acids is 2. The number of esters is 1. The van der Waals surface area contributed by atoms with Crippen LogP contribution in [0.25, 0.3) is 0 Å². The summed E-state index contributed by atoms with van der Waals surface area (Å²) < 4.78 is 4.85. The maximum Gasteiger partial charge on any atom is 0.314 e. The number of ketones is 1. The minimum absolute atomic E-state index is 0.198. The van der Waals surface area contributed by atoms with Crippen LogP contribution in [0.3, 0.4) is 0 Å².